The van der Waals surface area contributed by atoms with Crippen molar-refractivity contribution in [2.45, 2.75) is 11.3 Å². The first-order valence-corrected chi connectivity index (χ1v) is 11.7. The Hall–Kier alpha value is -2.33. The second kappa shape index (κ2) is 9.86. The molecule has 0 saturated carbocycles. The smallest absolute Gasteiger partial charge is 0.317 e. The maximum atomic E-state index is 12.8. The van der Waals surface area contributed by atoms with E-state index in [1.165, 1.54) is 22.5 Å². The van der Waals surface area contributed by atoms with Crippen LogP contribution in [0.2, 0.25) is 10.0 Å². The monoisotopic (exact) mass is 484 g/mol. The first kappa shape index (κ1) is 23.3. The lowest BCUT2D eigenvalue weighted by molar-refractivity contribution is 0.1000. The van der Waals surface area contributed by atoms with Crippen LogP contribution in [0.25, 0.3) is 0 Å². The summed E-state index contributed by atoms with van der Waals surface area (Å²) in [5, 5.41) is 3.27. The quantitative estimate of drug-likeness (QED) is 0.654. The van der Waals surface area contributed by atoms with Gasteiger partial charge in [0.2, 0.25) is 15.9 Å². The highest BCUT2D eigenvalue weighted by Gasteiger charge is 2.30. The van der Waals surface area contributed by atoms with Crippen molar-refractivity contribution in [2.24, 2.45) is 5.73 Å². The molecule has 0 bridgehead atoms. The fourth-order valence-corrected chi connectivity index (χ4v) is 5.04. The van der Waals surface area contributed by atoms with Crippen LogP contribution in [0.3, 0.4) is 0 Å². The Bertz CT molecular complexity index is 1090. The Balaban J connectivity index is 1.51. The summed E-state index contributed by atoms with van der Waals surface area (Å²) >= 11 is 11.8. The number of primary amides is 1. The number of amides is 3. The number of sulfonamides is 1. The summed E-state index contributed by atoms with van der Waals surface area (Å²) in [6.07, 6.45) is 0.540. The van der Waals surface area contributed by atoms with Gasteiger partial charge in [-0.15, -0.1) is 0 Å². The van der Waals surface area contributed by atoms with Gasteiger partial charge in [0.15, 0.2) is 0 Å². The number of nitrogens with two attached hydrogens (primary N) is 1. The number of carbonyl (C=O) groups is 2. The van der Waals surface area contributed by atoms with Crippen LogP contribution in [0.4, 0.5) is 4.79 Å². The lowest BCUT2D eigenvalue weighted by atomic mass is 10.1. The molecule has 8 nitrogen and oxygen atoms in total. The van der Waals surface area contributed by atoms with E-state index in [9.17, 15) is 18.0 Å². The molecular weight excluding hydrogens is 463 g/mol. The first-order valence-electron chi connectivity index (χ1n) is 9.55. The zero-order chi connectivity index (χ0) is 22.6. The van der Waals surface area contributed by atoms with Crippen LogP contribution in [0, 0.1) is 0 Å². The number of nitrogens with zero attached hydrogens (tertiary/aromatic N) is 2. The van der Waals surface area contributed by atoms with E-state index in [-0.39, 0.29) is 47.2 Å². The number of halogens is 2. The van der Waals surface area contributed by atoms with Crippen LogP contribution in [-0.2, 0) is 16.4 Å². The molecule has 3 amide bonds. The van der Waals surface area contributed by atoms with Crippen molar-refractivity contribution in [2.75, 3.05) is 32.7 Å². The predicted octanol–water partition coefficient (Wildman–Crippen LogP) is 2.35. The second-order valence-electron chi connectivity index (χ2n) is 7.01. The minimum Gasteiger partial charge on any atom is -0.366 e. The molecule has 0 aliphatic carbocycles. The van der Waals surface area contributed by atoms with E-state index in [1.54, 1.807) is 23.1 Å². The van der Waals surface area contributed by atoms with Gasteiger partial charge in [-0.25, -0.2) is 13.2 Å². The standard InChI is InChI=1S/C20H22Cl2N4O4S/c21-17-5-4-16(13-18(17)22)31(29,30)26-10-8-25(9-11-26)20(28)24-7-6-14-2-1-3-15(12-14)19(23)27/h1-5,12-13H,6-11H2,(H2,23,27)(H,24,28). The number of nitrogens with one attached hydrogen (secondary N) is 1. The van der Waals surface area contributed by atoms with E-state index in [4.69, 9.17) is 28.9 Å². The van der Waals surface area contributed by atoms with E-state index < -0.39 is 15.9 Å². The van der Waals surface area contributed by atoms with Gasteiger partial charge in [0.1, 0.15) is 0 Å². The van der Waals surface area contributed by atoms with Gasteiger partial charge in [-0.1, -0.05) is 35.3 Å². The zero-order valence-corrected chi connectivity index (χ0v) is 18.9. The lowest BCUT2D eigenvalue weighted by Gasteiger charge is -2.34. The molecule has 1 heterocycles. The summed E-state index contributed by atoms with van der Waals surface area (Å²) < 4.78 is 26.9. The number of hydrogen-bond acceptors (Lipinski definition) is 4. The van der Waals surface area contributed by atoms with E-state index >= 15 is 0 Å². The molecule has 1 fully saturated rings. The first-order chi connectivity index (χ1) is 14.7. The molecule has 3 N–H and O–H groups in total. The summed E-state index contributed by atoms with van der Waals surface area (Å²) in [5.74, 6) is -0.500. The summed E-state index contributed by atoms with van der Waals surface area (Å²) in [5.41, 5.74) is 6.58. The Labute approximate surface area is 191 Å². The van der Waals surface area contributed by atoms with Crippen molar-refractivity contribution < 1.29 is 18.0 Å². The minimum absolute atomic E-state index is 0.0676. The second-order valence-corrected chi connectivity index (χ2v) is 9.77. The van der Waals surface area contributed by atoms with Crippen LogP contribution in [-0.4, -0.2) is 62.3 Å². The molecule has 31 heavy (non-hydrogen) atoms. The van der Waals surface area contributed by atoms with Gasteiger partial charge in [0, 0.05) is 38.3 Å². The molecule has 11 heteroatoms. The van der Waals surface area contributed by atoms with Gasteiger partial charge >= 0.3 is 6.03 Å². The van der Waals surface area contributed by atoms with Crippen LogP contribution in [0.5, 0.6) is 0 Å². The van der Waals surface area contributed by atoms with E-state index in [2.05, 4.69) is 5.32 Å². The maximum absolute atomic E-state index is 12.8. The molecule has 0 spiro atoms. The van der Waals surface area contributed by atoms with Crippen LogP contribution in [0.15, 0.2) is 47.4 Å². The Morgan fingerprint density at radius 3 is 2.35 bits per heavy atom. The third-order valence-corrected chi connectivity index (χ3v) is 7.59. The molecular formula is C20H22Cl2N4O4S. The minimum atomic E-state index is -3.72. The van der Waals surface area contributed by atoms with Crippen molar-refractivity contribution in [3.05, 3.63) is 63.6 Å². The molecule has 1 aliphatic heterocycles. The molecule has 0 radical (unpaired) electrons. The van der Waals surface area contributed by atoms with Crippen molar-refractivity contribution >= 4 is 45.2 Å². The van der Waals surface area contributed by atoms with E-state index in [0.29, 0.717) is 18.5 Å². The lowest BCUT2D eigenvalue weighted by Crippen LogP contribution is -2.53. The van der Waals surface area contributed by atoms with Crippen molar-refractivity contribution in [1.82, 2.24) is 14.5 Å². The SMILES string of the molecule is NC(=O)c1cccc(CCNC(=O)N2CCN(S(=O)(=O)c3ccc(Cl)c(Cl)c3)CC2)c1. The van der Waals surface area contributed by atoms with Crippen molar-refractivity contribution in [3.8, 4) is 0 Å². The normalized spacial score (nSPS) is 15.0. The molecule has 0 atom stereocenters. The van der Waals surface area contributed by atoms with Gasteiger partial charge < -0.3 is 16.0 Å². The van der Waals surface area contributed by atoms with Gasteiger partial charge in [-0.3, -0.25) is 4.79 Å². The number of carbonyl (C=O) groups excluding carboxylic acids is 2. The van der Waals surface area contributed by atoms with Crippen molar-refractivity contribution in [1.29, 1.82) is 0 Å². The number of piperazine rings is 1. The zero-order valence-electron chi connectivity index (χ0n) is 16.6. The summed E-state index contributed by atoms with van der Waals surface area (Å²) in [4.78, 5) is 25.3. The summed E-state index contributed by atoms with van der Waals surface area (Å²) in [6, 6.07) is 10.8. The number of urea groups is 1. The third-order valence-electron chi connectivity index (χ3n) is 4.96. The number of benzene rings is 2. The molecule has 0 unspecified atom stereocenters. The predicted molar refractivity (Wildman–Crippen MR) is 119 cm³/mol. The van der Waals surface area contributed by atoms with Gasteiger partial charge in [-0.2, -0.15) is 4.31 Å². The highest BCUT2D eigenvalue weighted by atomic mass is 35.5. The topological polar surface area (TPSA) is 113 Å². The number of hydrogen-bond donors (Lipinski definition) is 2. The molecule has 2 aromatic carbocycles. The Kier molecular flexibility index (Phi) is 7.42. The molecule has 166 valence electrons. The summed E-state index contributed by atoms with van der Waals surface area (Å²) in [6.45, 7) is 1.27. The van der Waals surface area contributed by atoms with Crippen LogP contribution >= 0.6 is 23.2 Å². The van der Waals surface area contributed by atoms with E-state index in [0.717, 1.165) is 5.56 Å². The average molecular weight is 485 g/mol. The molecule has 1 aliphatic rings. The highest BCUT2D eigenvalue weighted by molar-refractivity contribution is 7.89. The third kappa shape index (κ3) is 5.68. The fraction of sp³-hybridized carbons (Fsp3) is 0.300. The Morgan fingerprint density at radius 1 is 1.00 bits per heavy atom. The molecule has 2 aromatic rings. The Morgan fingerprint density at radius 2 is 1.71 bits per heavy atom. The number of rotatable bonds is 6. The van der Waals surface area contributed by atoms with Crippen molar-refractivity contribution in [3.63, 3.8) is 0 Å². The maximum Gasteiger partial charge on any atom is 0.317 e. The molecule has 0 aromatic heterocycles. The largest absolute Gasteiger partial charge is 0.366 e. The highest BCUT2D eigenvalue weighted by Crippen LogP contribution is 2.27. The van der Waals surface area contributed by atoms with Gasteiger partial charge in [0.25, 0.3) is 0 Å². The average Bonchev–Trinajstić information content (AvgIpc) is 2.75. The van der Waals surface area contributed by atoms with Gasteiger partial charge in [-0.05, 0) is 42.3 Å². The molecule has 1 saturated heterocycles. The fourth-order valence-electron chi connectivity index (χ4n) is 3.22. The van der Waals surface area contributed by atoms with E-state index in [1.807, 2.05) is 6.07 Å². The van der Waals surface area contributed by atoms with Gasteiger partial charge in [0.05, 0.1) is 14.9 Å². The molecule has 3 rings (SSSR count). The summed E-state index contributed by atoms with van der Waals surface area (Å²) in [7, 11) is -3.72. The van der Waals surface area contributed by atoms with Crippen LogP contribution < -0.4 is 11.1 Å². The van der Waals surface area contributed by atoms with Crippen LogP contribution in [0.1, 0.15) is 15.9 Å².